The average Bonchev–Trinajstić information content (AvgIpc) is 2.88. The minimum atomic E-state index is 0.194. The van der Waals surface area contributed by atoms with Gasteiger partial charge >= 0.3 is 0 Å². The van der Waals surface area contributed by atoms with Crippen LogP contribution in [0.25, 0.3) is 0 Å². The van der Waals surface area contributed by atoms with E-state index in [0.29, 0.717) is 0 Å². The average molecular weight is 245 g/mol. The Morgan fingerprint density at radius 3 is 2.53 bits per heavy atom. The van der Waals surface area contributed by atoms with E-state index in [1.807, 2.05) is 17.4 Å². The van der Waals surface area contributed by atoms with E-state index in [2.05, 4.69) is 41.8 Å². The SMILES string of the molecule is NC(CCCCc1cccs1)c1ccccc1. The molecule has 2 rings (SSSR count). The third-order valence-electron chi connectivity index (χ3n) is 3.00. The van der Waals surface area contributed by atoms with Crippen LogP contribution >= 0.6 is 11.3 Å². The van der Waals surface area contributed by atoms with Crippen molar-refractivity contribution < 1.29 is 0 Å². The van der Waals surface area contributed by atoms with Crippen molar-refractivity contribution in [2.45, 2.75) is 31.7 Å². The van der Waals surface area contributed by atoms with Crippen LogP contribution in [0.15, 0.2) is 47.8 Å². The molecule has 1 unspecified atom stereocenters. The van der Waals surface area contributed by atoms with E-state index >= 15 is 0 Å². The molecular weight excluding hydrogens is 226 g/mol. The van der Waals surface area contributed by atoms with Crippen LogP contribution in [-0.2, 0) is 6.42 Å². The van der Waals surface area contributed by atoms with Crippen LogP contribution in [-0.4, -0.2) is 0 Å². The minimum Gasteiger partial charge on any atom is -0.324 e. The van der Waals surface area contributed by atoms with Gasteiger partial charge in [-0.25, -0.2) is 0 Å². The summed E-state index contributed by atoms with van der Waals surface area (Å²) in [5, 5.41) is 2.14. The summed E-state index contributed by atoms with van der Waals surface area (Å²) in [5.74, 6) is 0. The van der Waals surface area contributed by atoms with Crippen LogP contribution in [0.3, 0.4) is 0 Å². The summed E-state index contributed by atoms with van der Waals surface area (Å²) in [6.07, 6.45) is 4.71. The molecule has 90 valence electrons. The van der Waals surface area contributed by atoms with E-state index in [1.54, 1.807) is 0 Å². The highest BCUT2D eigenvalue weighted by atomic mass is 32.1. The van der Waals surface area contributed by atoms with Crippen molar-refractivity contribution in [3.8, 4) is 0 Å². The molecule has 0 bridgehead atoms. The highest BCUT2D eigenvalue weighted by molar-refractivity contribution is 7.09. The highest BCUT2D eigenvalue weighted by Gasteiger charge is 2.04. The van der Waals surface area contributed by atoms with E-state index in [9.17, 15) is 0 Å². The molecule has 2 N–H and O–H groups in total. The third-order valence-corrected chi connectivity index (χ3v) is 3.93. The number of hydrogen-bond donors (Lipinski definition) is 1. The first-order chi connectivity index (χ1) is 8.36. The lowest BCUT2D eigenvalue weighted by molar-refractivity contribution is 0.588. The summed E-state index contributed by atoms with van der Waals surface area (Å²) in [7, 11) is 0. The fraction of sp³-hybridized carbons (Fsp3) is 0.333. The van der Waals surface area contributed by atoms with Crippen molar-refractivity contribution in [1.29, 1.82) is 0 Å². The normalized spacial score (nSPS) is 12.5. The van der Waals surface area contributed by atoms with Gasteiger partial charge in [0, 0.05) is 10.9 Å². The first-order valence-corrected chi connectivity index (χ1v) is 7.07. The maximum atomic E-state index is 6.16. The number of benzene rings is 1. The molecule has 0 amide bonds. The fourth-order valence-electron chi connectivity index (χ4n) is 1.99. The first-order valence-electron chi connectivity index (χ1n) is 6.19. The molecule has 1 aromatic heterocycles. The highest BCUT2D eigenvalue weighted by Crippen LogP contribution is 2.18. The molecular formula is C15H19NS. The Labute approximate surface area is 107 Å². The van der Waals surface area contributed by atoms with Crippen molar-refractivity contribution >= 4 is 11.3 Å². The number of hydrogen-bond acceptors (Lipinski definition) is 2. The van der Waals surface area contributed by atoms with Gasteiger partial charge in [-0.15, -0.1) is 11.3 Å². The Morgan fingerprint density at radius 2 is 1.82 bits per heavy atom. The zero-order valence-electron chi connectivity index (χ0n) is 10.0. The minimum absolute atomic E-state index is 0.194. The van der Waals surface area contributed by atoms with Gasteiger partial charge in [-0.3, -0.25) is 0 Å². The van der Waals surface area contributed by atoms with Gasteiger partial charge in [0.1, 0.15) is 0 Å². The maximum absolute atomic E-state index is 6.16. The van der Waals surface area contributed by atoms with Crippen molar-refractivity contribution in [1.82, 2.24) is 0 Å². The standard InChI is InChI=1S/C15H19NS/c16-15(13-7-2-1-3-8-13)11-5-4-9-14-10-6-12-17-14/h1-3,6-8,10,12,15H,4-5,9,11,16H2. The Morgan fingerprint density at radius 1 is 1.00 bits per heavy atom. The van der Waals surface area contributed by atoms with Crippen LogP contribution in [0.5, 0.6) is 0 Å². The molecule has 1 nitrogen and oxygen atoms in total. The molecule has 2 aromatic rings. The molecule has 0 fully saturated rings. The quantitative estimate of drug-likeness (QED) is 0.760. The Kier molecular flexibility index (Phi) is 4.77. The molecule has 1 aromatic carbocycles. The van der Waals surface area contributed by atoms with Gasteiger partial charge in [0.15, 0.2) is 0 Å². The van der Waals surface area contributed by atoms with E-state index in [-0.39, 0.29) is 6.04 Å². The van der Waals surface area contributed by atoms with Gasteiger partial charge in [0.2, 0.25) is 0 Å². The summed E-state index contributed by atoms with van der Waals surface area (Å²) in [6.45, 7) is 0. The summed E-state index contributed by atoms with van der Waals surface area (Å²) in [6, 6.07) is 14.9. The lowest BCUT2D eigenvalue weighted by Gasteiger charge is -2.11. The van der Waals surface area contributed by atoms with Crippen molar-refractivity contribution in [3.05, 3.63) is 58.3 Å². The predicted molar refractivity (Wildman–Crippen MR) is 75.2 cm³/mol. The second kappa shape index (κ2) is 6.58. The number of thiophene rings is 1. The number of unbranched alkanes of at least 4 members (excludes halogenated alkanes) is 1. The van der Waals surface area contributed by atoms with Crippen molar-refractivity contribution in [3.63, 3.8) is 0 Å². The topological polar surface area (TPSA) is 26.0 Å². The molecule has 0 aliphatic carbocycles. The summed E-state index contributed by atoms with van der Waals surface area (Å²) in [4.78, 5) is 1.48. The van der Waals surface area contributed by atoms with Crippen molar-refractivity contribution in [2.24, 2.45) is 5.73 Å². The number of nitrogens with two attached hydrogens (primary N) is 1. The second-order valence-electron chi connectivity index (χ2n) is 4.34. The monoisotopic (exact) mass is 245 g/mol. The largest absolute Gasteiger partial charge is 0.324 e. The van der Waals surface area contributed by atoms with Gasteiger partial charge in [-0.2, -0.15) is 0 Å². The van der Waals surface area contributed by atoms with Crippen LogP contribution in [0.1, 0.15) is 35.7 Å². The van der Waals surface area contributed by atoms with Gasteiger partial charge < -0.3 is 5.73 Å². The zero-order chi connectivity index (χ0) is 11.9. The molecule has 0 aliphatic rings. The number of aryl methyl sites for hydroxylation is 1. The molecule has 1 heterocycles. The predicted octanol–water partition coefficient (Wildman–Crippen LogP) is 4.16. The first kappa shape index (κ1) is 12.3. The van der Waals surface area contributed by atoms with Crippen molar-refractivity contribution in [2.75, 3.05) is 0 Å². The second-order valence-corrected chi connectivity index (χ2v) is 5.37. The molecule has 0 saturated heterocycles. The van der Waals surface area contributed by atoms with E-state index in [0.717, 1.165) is 6.42 Å². The lowest BCUT2D eigenvalue weighted by Crippen LogP contribution is -2.09. The van der Waals surface area contributed by atoms with Crippen LogP contribution in [0, 0.1) is 0 Å². The van der Waals surface area contributed by atoms with Crippen LogP contribution < -0.4 is 5.73 Å². The Hall–Kier alpha value is -1.12. The Balaban J connectivity index is 1.68. The number of rotatable bonds is 6. The zero-order valence-corrected chi connectivity index (χ0v) is 10.8. The molecule has 0 radical (unpaired) electrons. The van der Waals surface area contributed by atoms with E-state index < -0.39 is 0 Å². The van der Waals surface area contributed by atoms with Gasteiger partial charge in [-0.05, 0) is 36.3 Å². The fourth-order valence-corrected chi connectivity index (χ4v) is 2.74. The Bertz CT molecular complexity index is 408. The van der Waals surface area contributed by atoms with Gasteiger partial charge in [0.25, 0.3) is 0 Å². The molecule has 0 spiro atoms. The summed E-state index contributed by atoms with van der Waals surface area (Å²) in [5.41, 5.74) is 7.41. The van der Waals surface area contributed by atoms with E-state index in [1.165, 1.54) is 29.7 Å². The third kappa shape index (κ3) is 3.99. The molecule has 17 heavy (non-hydrogen) atoms. The van der Waals surface area contributed by atoms with Crippen LogP contribution in [0.4, 0.5) is 0 Å². The summed E-state index contributed by atoms with van der Waals surface area (Å²) >= 11 is 1.85. The maximum Gasteiger partial charge on any atom is 0.0294 e. The molecule has 0 aliphatic heterocycles. The van der Waals surface area contributed by atoms with Crippen LogP contribution in [0.2, 0.25) is 0 Å². The smallest absolute Gasteiger partial charge is 0.0294 e. The van der Waals surface area contributed by atoms with Gasteiger partial charge in [-0.1, -0.05) is 42.8 Å². The molecule has 2 heteroatoms. The molecule has 1 atom stereocenters. The van der Waals surface area contributed by atoms with Gasteiger partial charge in [0.05, 0.1) is 0 Å². The molecule has 0 saturated carbocycles. The summed E-state index contributed by atoms with van der Waals surface area (Å²) < 4.78 is 0. The lowest BCUT2D eigenvalue weighted by atomic mass is 10.0. The van der Waals surface area contributed by atoms with E-state index in [4.69, 9.17) is 5.73 Å².